The van der Waals surface area contributed by atoms with Gasteiger partial charge in [0.1, 0.15) is 12.4 Å². The topological polar surface area (TPSA) is 99.9 Å². The maximum Gasteiger partial charge on any atom is 0.306 e. The van der Waals surface area contributed by atoms with Crippen LogP contribution in [0.15, 0.2) is 16.9 Å². The Hall–Kier alpha value is -2.25. The van der Waals surface area contributed by atoms with Crippen LogP contribution in [0.2, 0.25) is 0 Å². The minimum Gasteiger partial charge on any atom is -0.339 e. The minimum absolute atomic E-state index is 0.0146. The Morgan fingerprint density at radius 3 is 3.06 bits per heavy atom. The number of hydrogen-bond donors (Lipinski definition) is 0. The lowest BCUT2D eigenvalue weighted by Crippen LogP contribution is -2.02. The van der Waals surface area contributed by atoms with Gasteiger partial charge in [0.25, 0.3) is 0 Å². The number of nitro groups is 1. The highest BCUT2D eigenvalue weighted by atomic mass is 16.6. The lowest BCUT2D eigenvalue weighted by Gasteiger charge is -1.95. The van der Waals surface area contributed by atoms with E-state index in [1.54, 1.807) is 0 Å². The molecule has 2 heterocycles. The van der Waals surface area contributed by atoms with Crippen molar-refractivity contribution in [1.82, 2.24) is 19.9 Å². The van der Waals surface area contributed by atoms with Crippen LogP contribution in [0.3, 0.4) is 0 Å². The molecule has 2 aromatic heterocycles. The Morgan fingerprint density at radius 1 is 1.56 bits per heavy atom. The quantitative estimate of drug-likeness (QED) is 0.584. The van der Waals surface area contributed by atoms with Gasteiger partial charge in [-0.25, -0.2) is 0 Å². The second-order valence-electron chi connectivity index (χ2n) is 4.29. The van der Waals surface area contributed by atoms with Gasteiger partial charge < -0.3 is 4.52 Å². The fraction of sp³-hybridized carbons (Fsp3) is 0.500. The van der Waals surface area contributed by atoms with E-state index in [0.717, 1.165) is 18.7 Å². The van der Waals surface area contributed by atoms with Gasteiger partial charge in [-0.1, -0.05) is 5.16 Å². The maximum atomic E-state index is 10.5. The molecular formula is C10H11N5O3. The highest BCUT2D eigenvalue weighted by Crippen LogP contribution is 2.38. The van der Waals surface area contributed by atoms with E-state index in [4.69, 9.17) is 4.52 Å². The van der Waals surface area contributed by atoms with Crippen LogP contribution in [0.5, 0.6) is 0 Å². The van der Waals surface area contributed by atoms with Crippen molar-refractivity contribution >= 4 is 5.69 Å². The Kier molecular flexibility index (Phi) is 2.54. The summed E-state index contributed by atoms with van der Waals surface area (Å²) in [4.78, 5) is 14.3. The number of aromatic nitrogens is 4. The van der Waals surface area contributed by atoms with Gasteiger partial charge in [0, 0.05) is 18.9 Å². The molecule has 0 N–H and O–H groups in total. The van der Waals surface area contributed by atoms with E-state index in [0.29, 0.717) is 24.8 Å². The summed E-state index contributed by atoms with van der Waals surface area (Å²) < 4.78 is 6.60. The molecule has 94 valence electrons. The lowest BCUT2D eigenvalue weighted by atomic mass is 10.4. The van der Waals surface area contributed by atoms with Crippen LogP contribution in [0.25, 0.3) is 0 Å². The van der Waals surface area contributed by atoms with Crippen LogP contribution in [-0.2, 0) is 13.0 Å². The second kappa shape index (κ2) is 4.21. The van der Waals surface area contributed by atoms with Gasteiger partial charge in [0.15, 0.2) is 5.82 Å². The third-order valence-corrected chi connectivity index (χ3v) is 2.81. The van der Waals surface area contributed by atoms with Crippen molar-refractivity contribution in [3.63, 3.8) is 0 Å². The van der Waals surface area contributed by atoms with Crippen LogP contribution in [0.4, 0.5) is 5.69 Å². The Balaban J connectivity index is 1.60. The molecule has 1 saturated carbocycles. The first kappa shape index (κ1) is 10.9. The van der Waals surface area contributed by atoms with Gasteiger partial charge >= 0.3 is 5.69 Å². The average Bonchev–Trinajstić information content (AvgIpc) is 2.92. The molecule has 0 aliphatic heterocycles. The van der Waals surface area contributed by atoms with E-state index in [1.807, 2.05) is 0 Å². The van der Waals surface area contributed by atoms with Crippen LogP contribution in [0, 0.1) is 10.1 Å². The molecular weight excluding hydrogens is 238 g/mol. The fourth-order valence-electron chi connectivity index (χ4n) is 1.66. The van der Waals surface area contributed by atoms with E-state index < -0.39 is 4.92 Å². The van der Waals surface area contributed by atoms with Crippen molar-refractivity contribution in [1.29, 1.82) is 0 Å². The molecule has 0 radical (unpaired) electrons. The van der Waals surface area contributed by atoms with Crippen molar-refractivity contribution in [2.24, 2.45) is 0 Å². The molecule has 18 heavy (non-hydrogen) atoms. The van der Waals surface area contributed by atoms with Gasteiger partial charge in [0.2, 0.25) is 5.89 Å². The summed E-state index contributed by atoms with van der Waals surface area (Å²) >= 11 is 0. The molecule has 3 rings (SSSR count). The first-order chi connectivity index (χ1) is 8.72. The van der Waals surface area contributed by atoms with Gasteiger partial charge in [-0.3, -0.25) is 14.8 Å². The highest BCUT2D eigenvalue weighted by molar-refractivity contribution is 5.20. The summed E-state index contributed by atoms with van der Waals surface area (Å²) in [6, 6.07) is 0. The number of nitrogens with zero attached hydrogens (tertiary/aromatic N) is 5. The van der Waals surface area contributed by atoms with Crippen molar-refractivity contribution in [3.05, 3.63) is 34.2 Å². The molecule has 1 aliphatic carbocycles. The summed E-state index contributed by atoms with van der Waals surface area (Å²) in [5.74, 6) is 1.79. The molecule has 1 aliphatic rings. The monoisotopic (exact) mass is 249 g/mol. The normalized spacial score (nSPS) is 14.9. The molecule has 0 unspecified atom stereocenters. The number of rotatable bonds is 5. The first-order valence-electron chi connectivity index (χ1n) is 5.71. The third kappa shape index (κ3) is 2.22. The predicted molar refractivity (Wildman–Crippen MR) is 58.9 cm³/mol. The van der Waals surface area contributed by atoms with Crippen molar-refractivity contribution in [3.8, 4) is 0 Å². The smallest absolute Gasteiger partial charge is 0.306 e. The first-order valence-corrected chi connectivity index (χ1v) is 5.71. The molecule has 8 nitrogen and oxygen atoms in total. The van der Waals surface area contributed by atoms with Gasteiger partial charge in [0.05, 0.1) is 4.92 Å². The van der Waals surface area contributed by atoms with Gasteiger partial charge in [-0.15, -0.1) is 0 Å². The van der Waals surface area contributed by atoms with Crippen molar-refractivity contribution in [2.75, 3.05) is 0 Å². The summed E-state index contributed by atoms with van der Waals surface area (Å²) in [6.07, 6.45) is 5.40. The van der Waals surface area contributed by atoms with Gasteiger partial charge in [-0.05, 0) is 12.8 Å². The molecule has 0 aromatic carbocycles. The molecule has 0 bridgehead atoms. The molecule has 0 atom stereocenters. The molecule has 0 spiro atoms. The van der Waals surface area contributed by atoms with Gasteiger partial charge in [-0.2, -0.15) is 10.1 Å². The third-order valence-electron chi connectivity index (χ3n) is 2.81. The second-order valence-corrected chi connectivity index (χ2v) is 4.29. The fourth-order valence-corrected chi connectivity index (χ4v) is 1.66. The Morgan fingerprint density at radius 2 is 2.39 bits per heavy atom. The average molecular weight is 249 g/mol. The minimum atomic E-state index is -0.471. The molecule has 8 heteroatoms. The molecule has 0 saturated heterocycles. The van der Waals surface area contributed by atoms with Crippen LogP contribution in [0.1, 0.15) is 30.5 Å². The zero-order chi connectivity index (χ0) is 12.5. The van der Waals surface area contributed by atoms with E-state index >= 15 is 0 Å². The molecule has 0 amide bonds. The standard InChI is InChI=1S/C10H11N5O3/c16-15(17)8-5-11-14(6-8)4-3-9-12-10(13-18-9)7-1-2-7/h5-7H,1-4H2. The zero-order valence-electron chi connectivity index (χ0n) is 9.52. The Labute approximate surface area is 102 Å². The number of hydrogen-bond acceptors (Lipinski definition) is 6. The highest BCUT2D eigenvalue weighted by Gasteiger charge is 2.28. The van der Waals surface area contributed by atoms with E-state index in [2.05, 4.69) is 15.2 Å². The number of aryl methyl sites for hydroxylation is 2. The molecule has 1 fully saturated rings. The Bertz CT molecular complexity index is 572. The summed E-state index contributed by atoms with van der Waals surface area (Å²) in [6.45, 7) is 0.486. The maximum absolute atomic E-state index is 10.5. The SMILES string of the molecule is O=[N+]([O-])c1cnn(CCc2nc(C3CC3)no2)c1. The predicted octanol–water partition coefficient (Wildman–Crippen LogP) is 1.29. The lowest BCUT2D eigenvalue weighted by molar-refractivity contribution is -0.385. The van der Waals surface area contributed by atoms with E-state index in [9.17, 15) is 10.1 Å². The van der Waals surface area contributed by atoms with Crippen molar-refractivity contribution < 1.29 is 9.45 Å². The zero-order valence-corrected chi connectivity index (χ0v) is 9.52. The van der Waals surface area contributed by atoms with Crippen LogP contribution >= 0.6 is 0 Å². The van der Waals surface area contributed by atoms with Crippen LogP contribution < -0.4 is 0 Å². The van der Waals surface area contributed by atoms with E-state index in [-0.39, 0.29) is 5.69 Å². The summed E-state index contributed by atoms with van der Waals surface area (Å²) in [5.41, 5.74) is -0.0146. The summed E-state index contributed by atoms with van der Waals surface area (Å²) in [7, 11) is 0. The van der Waals surface area contributed by atoms with Crippen LogP contribution in [-0.4, -0.2) is 24.8 Å². The molecule has 2 aromatic rings. The largest absolute Gasteiger partial charge is 0.339 e. The summed E-state index contributed by atoms with van der Waals surface area (Å²) in [5, 5.41) is 18.3. The van der Waals surface area contributed by atoms with E-state index in [1.165, 1.54) is 17.1 Å². The van der Waals surface area contributed by atoms with Crippen molar-refractivity contribution in [2.45, 2.75) is 31.7 Å².